The number of halogens is 7. The Balaban J connectivity index is 0.00000456. The number of sulfonamides is 1. The number of amides is 1. The van der Waals surface area contributed by atoms with E-state index >= 15 is 0 Å². The molecule has 2 aliphatic rings. The molecule has 1 saturated carbocycles. The molecule has 1 aliphatic heterocycles. The molecule has 3 rings (SSSR count). The highest BCUT2D eigenvalue weighted by Crippen LogP contribution is 2.42. The summed E-state index contributed by atoms with van der Waals surface area (Å²) in [4.78, 5) is 14.5. The van der Waals surface area contributed by atoms with Crippen LogP contribution in [-0.4, -0.2) is 73.5 Å². The maximum atomic E-state index is 13.9. The fraction of sp³-hybridized carbons (Fsp3) is 0.682. The summed E-state index contributed by atoms with van der Waals surface area (Å²) in [5, 5.41) is 2.45. The van der Waals surface area contributed by atoms with E-state index in [1.165, 1.54) is 4.31 Å². The summed E-state index contributed by atoms with van der Waals surface area (Å²) in [5.41, 5.74) is -3.14. The molecule has 1 saturated heterocycles. The molecule has 206 valence electrons. The zero-order valence-electron chi connectivity index (χ0n) is 19.7. The summed E-state index contributed by atoms with van der Waals surface area (Å²) in [6.07, 6.45) is -5.45. The van der Waals surface area contributed by atoms with E-state index in [1.807, 2.05) is 4.90 Å². The van der Waals surface area contributed by atoms with Crippen molar-refractivity contribution in [2.75, 3.05) is 38.5 Å². The minimum atomic E-state index is -4.96. The van der Waals surface area contributed by atoms with E-state index in [1.54, 1.807) is 6.92 Å². The fourth-order valence-electron chi connectivity index (χ4n) is 4.80. The smallest absolute Gasteiger partial charge is 0.350 e. The molecule has 0 radical (unpaired) electrons. The van der Waals surface area contributed by atoms with Gasteiger partial charge in [0.05, 0.1) is 16.9 Å². The Morgan fingerprint density at radius 3 is 2.17 bits per heavy atom. The predicted octanol–water partition coefficient (Wildman–Crippen LogP) is 4.30. The summed E-state index contributed by atoms with van der Waals surface area (Å²) in [6.45, 7) is 2.36. The molecule has 36 heavy (non-hydrogen) atoms. The Hall–Kier alpha value is -1.57. The van der Waals surface area contributed by atoms with Gasteiger partial charge in [0.25, 0.3) is 5.91 Å². The van der Waals surface area contributed by atoms with E-state index in [9.17, 15) is 39.6 Å². The minimum absolute atomic E-state index is 0. The molecule has 1 aromatic carbocycles. The number of alkyl halides is 5. The molecule has 0 bridgehead atoms. The molecule has 1 aliphatic carbocycles. The lowest BCUT2D eigenvalue weighted by Crippen LogP contribution is -2.63. The summed E-state index contributed by atoms with van der Waals surface area (Å²) in [7, 11) is -3.43. The third-order valence-corrected chi connectivity index (χ3v) is 8.86. The van der Waals surface area contributed by atoms with Crippen molar-refractivity contribution >= 4 is 28.3 Å². The lowest BCUT2D eigenvalue weighted by atomic mass is 9.78. The highest BCUT2D eigenvalue weighted by atomic mass is 35.5. The molecule has 0 spiro atoms. The summed E-state index contributed by atoms with van der Waals surface area (Å²) in [6, 6.07) is 1.73. The zero-order valence-corrected chi connectivity index (χ0v) is 21.3. The van der Waals surface area contributed by atoms with Crippen LogP contribution < -0.4 is 5.32 Å². The molecule has 1 aromatic rings. The van der Waals surface area contributed by atoms with Gasteiger partial charge in [0.15, 0.2) is 0 Å². The Morgan fingerprint density at radius 1 is 1.06 bits per heavy atom. The standard InChI is InChI=1S/C22H29F6N3O3S.ClH/c1-2-13-35(33,34)31-11-9-30(10-12-31)20(5-7-21(24,25)8-6-20)15-29-19(32)17-4-3-16(23)14-18(17)22(26,27)28;/h3-4,14H,2,5-13,15H2,1H3,(H,29,32);1H. The van der Waals surface area contributed by atoms with E-state index < -0.39 is 63.4 Å². The number of hydrogen-bond donors (Lipinski definition) is 1. The van der Waals surface area contributed by atoms with Gasteiger partial charge in [-0.15, -0.1) is 12.4 Å². The summed E-state index contributed by atoms with van der Waals surface area (Å²) in [5.74, 6) is -5.12. The number of rotatable bonds is 7. The van der Waals surface area contributed by atoms with Gasteiger partial charge < -0.3 is 5.32 Å². The third kappa shape index (κ3) is 7.05. The molecule has 1 heterocycles. The van der Waals surface area contributed by atoms with Gasteiger partial charge in [-0.2, -0.15) is 17.5 Å². The Morgan fingerprint density at radius 2 is 1.64 bits per heavy atom. The van der Waals surface area contributed by atoms with Gasteiger partial charge in [-0.25, -0.2) is 21.6 Å². The highest BCUT2D eigenvalue weighted by Gasteiger charge is 2.48. The first-order valence-corrected chi connectivity index (χ1v) is 13.1. The van der Waals surface area contributed by atoms with Gasteiger partial charge in [-0.3, -0.25) is 9.69 Å². The van der Waals surface area contributed by atoms with E-state index in [0.717, 1.165) is 12.1 Å². The second kappa shape index (κ2) is 11.4. The molecule has 6 nitrogen and oxygen atoms in total. The molecule has 1 amide bonds. The lowest BCUT2D eigenvalue weighted by Gasteiger charge is -2.50. The molecule has 0 unspecified atom stereocenters. The van der Waals surface area contributed by atoms with E-state index in [2.05, 4.69) is 5.32 Å². The van der Waals surface area contributed by atoms with Gasteiger partial charge in [-0.05, 0) is 37.5 Å². The van der Waals surface area contributed by atoms with E-state index in [0.29, 0.717) is 6.42 Å². The molecular formula is C22H30ClF6N3O3S. The Bertz CT molecular complexity index is 1020. The van der Waals surface area contributed by atoms with Crippen LogP contribution in [0.15, 0.2) is 18.2 Å². The largest absolute Gasteiger partial charge is 0.417 e. The first kappa shape index (κ1) is 30.7. The first-order chi connectivity index (χ1) is 16.2. The molecule has 0 atom stereocenters. The molecule has 14 heteroatoms. The van der Waals surface area contributed by atoms with Crippen LogP contribution >= 0.6 is 12.4 Å². The molecule has 0 aromatic heterocycles. The first-order valence-electron chi connectivity index (χ1n) is 11.4. The number of carbonyl (C=O) groups is 1. The van der Waals surface area contributed by atoms with Crippen molar-refractivity contribution in [3.8, 4) is 0 Å². The van der Waals surface area contributed by atoms with Crippen LogP contribution in [-0.2, 0) is 16.2 Å². The van der Waals surface area contributed by atoms with Crippen LogP contribution in [0, 0.1) is 5.82 Å². The highest BCUT2D eigenvalue weighted by molar-refractivity contribution is 7.89. The van der Waals surface area contributed by atoms with Crippen molar-refractivity contribution in [2.24, 2.45) is 0 Å². The Labute approximate surface area is 212 Å². The van der Waals surface area contributed by atoms with Crippen molar-refractivity contribution < 1.29 is 39.6 Å². The van der Waals surface area contributed by atoms with Crippen molar-refractivity contribution in [3.63, 3.8) is 0 Å². The van der Waals surface area contributed by atoms with Gasteiger partial charge in [0.2, 0.25) is 15.9 Å². The normalized spacial score (nSPS) is 21.0. The van der Waals surface area contributed by atoms with Crippen molar-refractivity contribution in [1.29, 1.82) is 0 Å². The van der Waals surface area contributed by atoms with Crippen LogP contribution in [0.2, 0.25) is 0 Å². The minimum Gasteiger partial charge on any atom is -0.350 e. The summed E-state index contributed by atoms with van der Waals surface area (Å²) >= 11 is 0. The van der Waals surface area contributed by atoms with Gasteiger partial charge in [0, 0.05) is 51.1 Å². The lowest BCUT2D eigenvalue weighted by molar-refractivity contribution is -0.138. The quantitative estimate of drug-likeness (QED) is 0.501. The molecule has 1 N–H and O–H groups in total. The second-order valence-electron chi connectivity index (χ2n) is 9.15. The second-order valence-corrected chi connectivity index (χ2v) is 11.2. The molecular weight excluding hydrogens is 536 g/mol. The maximum Gasteiger partial charge on any atom is 0.417 e. The zero-order chi connectivity index (χ0) is 26.1. The number of nitrogens with zero attached hydrogens (tertiary/aromatic N) is 2. The number of piperazine rings is 1. The number of carbonyl (C=O) groups excluding carboxylic acids is 1. The predicted molar refractivity (Wildman–Crippen MR) is 124 cm³/mol. The van der Waals surface area contributed by atoms with Crippen LogP contribution in [0.4, 0.5) is 26.3 Å². The van der Waals surface area contributed by atoms with Gasteiger partial charge in [-0.1, -0.05) is 6.92 Å². The number of benzene rings is 1. The van der Waals surface area contributed by atoms with Gasteiger partial charge in [0.1, 0.15) is 5.82 Å². The van der Waals surface area contributed by atoms with Crippen LogP contribution in [0.5, 0.6) is 0 Å². The third-order valence-electron chi connectivity index (χ3n) is 6.79. The monoisotopic (exact) mass is 565 g/mol. The summed E-state index contributed by atoms with van der Waals surface area (Å²) < 4.78 is 107. The van der Waals surface area contributed by atoms with Crippen molar-refractivity contribution in [1.82, 2.24) is 14.5 Å². The topological polar surface area (TPSA) is 69.7 Å². The fourth-order valence-corrected chi connectivity index (χ4v) is 6.30. The van der Waals surface area contributed by atoms with Crippen LogP contribution in [0.1, 0.15) is 54.9 Å². The average molecular weight is 566 g/mol. The Kier molecular flexibility index (Phi) is 9.74. The number of nitrogens with one attached hydrogen (secondary N) is 1. The number of hydrogen-bond acceptors (Lipinski definition) is 4. The maximum absolute atomic E-state index is 13.9. The molecule has 2 fully saturated rings. The van der Waals surface area contributed by atoms with Gasteiger partial charge >= 0.3 is 6.18 Å². The van der Waals surface area contributed by atoms with Crippen molar-refractivity contribution in [2.45, 2.75) is 56.7 Å². The van der Waals surface area contributed by atoms with Crippen molar-refractivity contribution in [3.05, 3.63) is 35.1 Å². The van der Waals surface area contributed by atoms with Crippen LogP contribution in [0.3, 0.4) is 0 Å². The average Bonchev–Trinajstić information content (AvgIpc) is 2.78. The SMILES string of the molecule is CCCS(=O)(=O)N1CCN(C2(CNC(=O)c3ccc(F)cc3C(F)(F)F)CCC(F)(F)CC2)CC1.Cl. The van der Waals surface area contributed by atoms with Crippen LogP contribution in [0.25, 0.3) is 0 Å². The van der Waals surface area contributed by atoms with E-state index in [4.69, 9.17) is 0 Å². The van der Waals surface area contributed by atoms with E-state index in [-0.39, 0.29) is 69.8 Å².